The zero-order valence-electron chi connectivity index (χ0n) is 32.7. The second-order valence-electron chi connectivity index (χ2n) is 15.9. The third-order valence-electron chi connectivity index (χ3n) is 12.2. The van der Waals surface area contributed by atoms with Gasteiger partial charge in [-0.25, -0.2) is 9.59 Å². The van der Waals surface area contributed by atoms with Gasteiger partial charge in [0.25, 0.3) is 0 Å². The molecule has 6 rings (SSSR count). The molecule has 2 bridgehead atoms. The van der Waals surface area contributed by atoms with E-state index in [-0.39, 0.29) is 36.1 Å². The van der Waals surface area contributed by atoms with Crippen molar-refractivity contribution >= 4 is 35.8 Å². The van der Waals surface area contributed by atoms with Crippen molar-refractivity contribution in [2.45, 2.75) is 116 Å². The minimum absolute atomic E-state index is 0.112. The van der Waals surface area contributed by atoms with Crippen molar-refractivity contribution in [2.75, 3.05) is 6.61 Å². The fraction of sp³-hybridized carbons (Fsp3) is 0.524. The molecule has 2 saturated carbocycles. The van der Waals surface area contributed by atoms with Crippen LogP contribution in [0.3, 0.4) is 0 Å². The molecule has 14 nitrogen and oxygen atoms in total. The van der Waals surface area contributed by atoms with Crippen molar-refractivity contribution in [3.05, 3.63) is 82.9 Å². The van der Waals surface area contributed by atoms with Crippen LogP contribution in [0, 0.1) is 16.7 Å². The molecule has 4 aliphatic rings. The molecule has 3 aliphatic carbocycles. The number of rotatable bonds is 8. The van der Waals surface area contributed by atoms with E-state index in [9.17, 15) is 33.9 Å². The van der Waals surface area contributed by atoms with Gasteiger partial charge in [-0.15, -0.1) is 0 Å². The van der Waals surface area contributed by atoms with E-state index < -0.39 is 100 Å². The molecule has 0 aromatic heterocycles. The normalized spacial score (nSPS) is 34.1. The fourth-order valence-corrected chi connectivity index (χ4v) is 9.73. The Balaban J connectivity index is 1.73. The quantitative estimate of drug-likeness (QED) is 0.225. The van der Waals surface area contributed by atoms with Gasteiger partial charge < -0.3 is 38.3 Å². The van der Waals surface area contributed by atoms with E-state index in [1.807, 2.05) is 0 Å². The van der Waals surface area contributed by atoms with Crippen molar-refractivity contribution in [3.8, 4) is 0 Å². The first kappa shape index (κ1) is 40.6. The second-order valence-corrected chi connectivity index (χ2v) is 15.9. The summed E-state index contributed by atoms with van der Waals surface area (Å²) in [5.74, 6) is -6.07. The molecule has 1 aliphatic heterocycles. The third kappa shape index (κ3) is 6.66. The average molecular weight is 777 g/mol. The number of carbonyl (C=O) groups is 6. The molecule has 3 fully saturated rings. The van der Waals surface area contributed by atoms with E-state index in [0.29, 0.717) is 5.57 Å². The van der Waals surface area contributed by atoms with Gasteiger partial charge in [0.2, 0.25) is 0 Å². The topological polar surface area (TPSA) is 187 Å². The van der Waals surface area contributed by atoms with Crippen LogP contribution >= 0.6 is 0 Å². The van der Waals surface area contributed by atoms with E-state index in [4.69, 9.17) is 33.2 Å². The number of ether oxygens (including phenoxy) is 7. The van der Waals surface area contributed by atoms with Gasteiger partial charge >= 0.3 is 35.8 Å². The van der Waals surface area contributed by atoms with Gasteiger partial charge in [0, 0.05) is 46.0 Å². The van der Waals surface area contributed by atoms with Crippen LogP contribution in [0.15, 0.2) is 71.8 Å². The lowest BCUT2D eigenvalue weighted by molar-refractivity contribution is -0.364. The first-order valence-electron chi connectivity index (χ1n) is 18.6. The summed E-state index contributed by atoms with van der Waals surface area (Å²) < 4.78 is 43.4. The van der Waals surface area contributed by atoms with Crippen LogP contribution in [0.4, 0.5) is 0 Å². The van der Waals surface area contributed by atoms with Gasteiger partial charge in [-0.1, -0.05) is 57.2 Å². The molecule has 1 N–H and O–H groups in total. The summed E-state index contributed by atoms with van der Waals surface area (Å²) in [5.41, 5.74) is -6.33. The Bertz CT molecular complexity index is 1940. The number of aliphatic hydroxyl groups is 1. The highest BCUT2D eigenvalue weighted by atomic mass is 16.6. The lowest BCUT2D eigenvalue weighted by Gasteiger charge is -2.69. The number of fused-ring (bicyclic) bond motifs is 5. The summed E-state index contributed by atoms with van der Waals surface area (Å²) >= 11 is 0. The van der Waals surface area contributed by atoms with Crippen LogP contribution in [0.5, 0.6) is 0 Å². The van der Waals surface area contributed by atoms with Gasteiger partial charge in [-0.3, -0.25) is 19.2 Å². The van der Waals surface area contributed by atoms with Gasteiger partial charge in [-0.2, -0.15) is 0 Å². The molecule has 14 heteroatoms. The van der Waals surface area contributed by atoms with E-state index in [1.165, 1.54) is 32.9 Å². The molecule has 10 atom stereocenters. The summed E-state index contributed by atoms with van der Waals surface area (Å²) in [6.07, 6.45) is -8.67. The van der Waals surface area contributed by atoms with Crippen LogP contribution in [-0.4, -0.2) is 95.4 Å². The molecule has 56 heavy (non-hydrogen) atoms. The SMILES string of the molecule is CC(=O)OC1CC2(O)C(OC(=O)c3ccccc3)C3C4(OC(C)=O)COC4CC(OC(=O)c4ccccc4)C3(C)C(OC(C)=O)C(OC(C)=O)C(=C1C)C2(C)C. The smallest absolute Gasteiger partial charge is 0.338 e. The average Bonchev–Trinajstić information content (AvgIpc) is 3.11. The Morgan fingerprint density at radius 2 is 1.23 bits per heavy atom. The molecular formula is C42H48O14. The highest BCUT2D eigenvalue weighted by molar-refractivity contribution is 5.90. The van der Waals surface area contributed by atoms with Gasteiger partial charge in [-0.05, 0) is 42.3 Å². The van der Waals surface area contributed by atoms with Crippen molar-refractivity contribution in [3.63, 3.8) is 0 Å². The number of hydrogen-bond acceptors (Lipinski definition) is 14. The van der Waals surface area contributed by atoms with Crippen LogP contribution < -0.4 is 0 Å². The maximum Gasteiger partial charge on any atom is 0.338 e. The zero-order valence-corrected chi connectivity index (χ0v) is 32.7. The standard InChI is InChI=1S/C42H48O14/c1-22-29(51-23(2)43)20-42(49)36(55-38(48)28-17-13-10-14-18-28)34-40(8,35(53-25(4)45)33(52-24(3)44)32(22)39(42,6)7)30(54-37(47)27-15-11-9-12-16-27)19-31-41(34,21-50-31)56-26(5)46/h9-18,29-31,33-36,49H,19-21H2,1-8H3. The Labute approximate surface area is 324 Å². The lowest BCUT2D eigenvalue weighted by atomic mass is 9.44. The van der Waals surface area contributed by atoms with Gasteiger partial charge in [0.05, 0.1) is 29.1 Å². The fourth-order valence-electron chi connectivity index (χ4n) is 9.73. The first-order valence-corrected chi connectivity index (χ1v) is 18.6. The highest BCUT2D eigenvalue weighted by Crippen LogP contribution is 2.66. The van der Waals surface area contributed by atoms with E-state index in [2.05, 4.69) is 0 Å². The van der Waals surface area contributed by atoms with E-state index in [0.717, 1.165) is 6.92 Å². The summed E-state index contributed by atoms with van der Waals surface area (Å²) in [5, 5.41) is 13.6. The van der Waals surface area contributed by atoms with Crippen LogP contribution in [-0.2, 0) is 52.3 Å². The maximum absolute atomic E-state index is 14.4. The summed E-state index contributed by atoms with van der Waals surface area (Å²) in [4.78, 5) is 80.7. The van der Waals surface area contributed by atoms with E-state index in [1.54, 1.807) is 76.2 Å². The van der Waals surface area contributed by atoms with Crippen molar-refractivity contribution < 1.29 is 67.0 Å². The van der Waals surface area contributed by atoms with Crippen molar-refractivity contribution in [1.29, 1.82) is 0 Å². The zero-order chi connectivity index (χ0) is 41.0. The molecule has 0 spiro atoms. The Morgan fingerprint density at radius 3 is 1.71 bits per heavy atom. The van der Waals surface area contributed by atoms with Crippen LogP contribution in [0.2, 0.25) is 0 Å². The Kier molecular flexibility index (Phi) is 10.7. The van der Waals surface area contributed by atoms with Crippen LogP contribution in [0.25, 0.3) is 0 Å². The van der Waals surface area contributed by atoms with Gasteiger partial charge in [0.15, 0.2) is 17.8 Å². The van der Waals surface area contributed by atoms with Crippen molar-refractivity contribution in [1.82, 2.24) is 0 Å². The minimum Gasteiger partial charge on any atom is -0.458 e. The number of benzene rings is 2. The Morgan fingerprint density at radius 1 is 0.696 bits per heavy atom. The largest absolute Gasteiger partial charge is 0.458 e. The third-order valence-corrected chi connectivity index (χ3v) is 12.2. The molecule has 2 aromatic carbocycles. The molecule has 0 amide bonds. The van der Waals surface area contributed by atoms with Gasteiger partial charge in [0.1, 0.15) is 30.0 Å². The molecule has 0 radical (unpaired) electrons. The maximum atomic E-state index is 14.4. The Hall–Kier alpha value is -5.08. The predicted octanol–water partition coefficient (Wildman–Crippen LogP) is 4.45. The number of carbonyl (C=O) groups excluding carboxylic acids is 6. The first-order chi connectivity index (χ1) is 26.3. The van der Waals surface area contributed by atoms with E-state index >= 15 is 0 Å². The number of hydrogen-bond donors (Lipinski definition) is 1. The molecule has 1 heterocycles. The highest BCUT2D eigenvalue weighted by Gasteiger charge is 2.79. The summed E-state index contributed by atoms with van der Waals surface area (Å²) in [6, 6.07) is 16.2. The molecule has 1 saturated heterocycles. The second kappa shape index (κ2) is 14.8. The predicted molar refractivity (Wildman–Crippen MR) is 194 cm³/mol. The molecule has 10 unspecified atom stereocenters. The summed E-state index contributed by atoms with van der Waals surface area (Å²) in [7, 11) is 0. The molecular weight excluding hydrogens is 728 g/mol. The lowest BCUT2D eigenvalue weighted by Crippen LogP contribution is -2.83. The molecule has 300 valence electrons. The van der Waals surface area contributed by atoms with Crippen LogP contribution in [0.1, 0.15) is 88.9 Å². The minimum atomic E-state index is -2.23. The number of esters is 6. The van der Waals surface area contributed by atoms with Crippen molar-refractivity contribution in [2.24, 2.45) is 16.7 Å². The summed E-state index contributed by atoms with van der Waals surface area (Å²) in [6.45, 7) is 11.1. The molecule has 2 aromatic rings. The monoisotopic (exact) mass is 776 g/mol.